The van der Waals surface area contributed by atoms with Crippen LogP contribution in [0.1, 0.15) is 26.3 Å². The molecule has 2 aromatic rings. The van der Waals surface area contributed by atoms with Gasteiger partial charge in [-0.1, -0.05) is 25.4 Å². The van der Waals surface area contributed by atoms with Crippen LogP contribution in [0.15, 0.2) is 18.2 Å². The Labute approximate surface area is 128 Å². The Morgan fingerprint density at radius 3 is 2.86 bits per heavy atom. The number of nitrogens with two attached hydrogens (primary N) is 1. The first-order chi connectivity index (χ1) is 9.95. The average Bonchev–Trinajstić information content (AvgIpc) is 2.89. The molecule has 1 heterocycles. The van der Waals surface area contributed by atoms with Gasteiger partial charge in [0.1, 0.15) is 0 Å². The fourth-order valence-corrected chi connectivity index (χ4v) is 3.18. The largest absolute Gasteiger partial charge is 0.399 e. The third-order valence-corrected chi connectivity index (χ3v) is 4.76. The summed E-state index contributed by atoms with van der Waals surface area (Å²) in [5.74, 6) is 0.639. The van der Waals surface area contributed by atoms with Gasteiger partial charge >= 0.3 is 0 Å². The van der Waals surface area contributed by atoms with Crippen LogP contribution in [0.5, 0.6) is 0 Å². The molecule has 1 aliphatic carbocycles. The van der Waals surface area contributed by atoms with Gasteiger partial charge in [0.05, 0.1) is 17.2 Å². The predicted octanol–water partition coefficient (Wildman–Crippen LogP) is 2.56. The van der Waals surface area contributed by atoms with Gasteiger partial charge in [0, 0.05) is 23.8 Å². The Morgan fingerprint density at radius 2 is 2.19 bits per heavy atom. The van der Waals surface area contributed by atoms with Crippen LogP contribution in [0, 0.1) is 5.41 Å². The number of aromatic nitrogens is 4. The van der Waals surface area contributed by atoms with Gasteiger partial charge in [-0.15, -0.1) is 5.10 Å². The third kappa shape index (κ3) is 2.18. The van der Waals surface area contributed by atoms with E-state index in [-0.39, 0.29) is 17.6 Å². The van der Waals surface area contributed by atoms with E-state index in [1.807, 2.05) is 4.68 Å². The molecule has 0 radical (unpaired) electrons. The zero-order chi connectivity index (χ0) is 15.2. The summed E-state index contributed by atoms with van der Waals surface area (Å²) in [5.41, 5.74) is 7.19. The molecule has 1 aromatic heterocycles. The molecule has 0 saturated heterocycles. The van der Waals surface area contributed by atoms with Gasteiger partial charge in [0.2, 0.25) is 0 Å². The summed E-state index contributed by atoms with van der Waals surface area (Å²) in [6, 6.07) is 5.48. The van der Waals surface area contributed by atoms with Crippen molar-refractivity contribution < 1.29 is 4.74 Å². The summed E-state index contributed by atoms with van der Waals surface area (Å²) in [6.07, 6.45) is 1.08. The van der Waals surface area contributed by atoms with Crippen molar-refractivity contribution in [3.8, 4) is 11.4 Å². The van der Waals surface area contributed by atoms with E-state index in [9.17, 15) is 0 Å². The Bertz CT molecular complexity index is 669. The van der Waals surface area contributed by atoms with Gasteiger partial charge in [-0.25, -0.2) is 4.68 Å². The molecule has 1 aliphatic rings. The van der Waals surface area contributed by atoms with Crippen LogP contribution in [-0.4, -0.2) is 33.4 Å². The number of nitrogens with zero attached hydrogens (tertiary/aromatic N) is 4. The average molecular weight is 308 g/mol. The maximum atomic E-state index is 6.26. The van der Waals surface area contributed by atoms with E-state index in [4.69, 9.17) is 22.1 Å². The molecule has 6 nitrogen and oxygen atoms in total. The number of ether oxygens (including phenoxy) is 1. The summed E-state index contributed by atoms with van der Waals surface area (Å²) in [6.45, 7) is 4.31. The van der Waals surface area contributed by atoms with E-state index in [1.54, 1.807) is 25.3 Å². The van der Waals surface area contributed by atoms with Crippen LogP contribution >= 0.6 is 11.6 Å². The monoisotopic (exact) mass is 307 g/mol. The minimum Gasteiger partial charge on any atom is -0.399 e. The second kappa shape index (κ2) is 4.96. The smallest absolute Gasteiger partial charge is 0.183 e. The number of methoxy groups -OCH3 is 1. The molecule has 1 fully saturated rings. The highest BCUT2D eigenvalue weighted by molar-refractivity contribution is 6.33. The highest BCUT2D eigenvalue weighted by Gasteiger charge is 2.51. The summed E-state index contributed by atoms with van der Waals surface area (Å²) in [7, 11) is 1.73. The molecule has 0 spiro atoms. The molecule has 1 saturated carbocycles. The molecule has 0 bridgehead atoms. The first kappa shape index (κ1) is 14.3. The molecule has 0 amide bonds. The molecule has 112 valence electrons. The lowest BCUT2D eigenvalue weighted by atomic mass is 9.64. The molecule has 3 rings (SSSR count). The number of nitrogen functional groups attached to an aromatic ring is 1. The van der Waals surface area contributed by atoms with Crippen molar-refractivity contribution in [3.05, 3.63) is 23.2 Å². The molecule has 2 atom stereocenters. The molecule has 0 aliphatic heterocycles. The number of hydrogen-bond donors (Lipinski definition) is 1. The first-order valence-corrected chi connectivity index (χ1v) is 7.19. The van der Waals surface area contributed by atoms with E-state index >= 15 is 0 Å². The zero-order valence-electron chi connectivity index (χ0n) is 12.2. The first-order valence-electron chi connectivity index (χ1n) is 6.81. The lowest BCUT2D eigenvalue weighted by Gasteiger charge is -2.50. The van der Waals surface area contributed by atoms with Crippen molar-refractivity contribution >= 4 is 17.3 Å². The molecule has 1 aromatic carbocycles. The van der Waals surface area contributed by atoms with Crippen molar-refractivity contribution in [1.82, 2.24) is 20.2 Å². The van der Waals surface area contributed by atoms with Crippen molar-refractivity contribution in [2.75, 3.05) is 12.8 Å². The summed E-state index contributed by atoms with van der Waals surface area (Å²) >= 11 is 6.26. The van der Waals surface area contributed by atoms with Gasteiger partial charge in [0.15, 0.2) is 5.82 Å². The van der Waals surface area contributed by atoms with Crippen LogP contribution < -0.4 is 5.73 Å². The lowest BCUT2D eigenvalue weighted by molar-refractivity contribution is -0.116. The molecule has 2 unspecified atom stereocenters. The summed E-state index contributed by atoms with van der Waals surface area (Å²) in [4.78, 5) is 0. The van der Waals surface area contributed by atoms with Crippen molar-refractivity contribution in [2.45, 2.75) is 32.4 Å². The number of benzene rings is 1. The van der Waals surface area contributed by atoms with Crippen LogP contribution in [0.4, 0.5) is 5.69 Å². The van der Waals surface area contributed by atoms with E-state index in [2.05, 4.69) is 29.4 Å². The van der Waals surface area contributed by atoms with E-state index in [0.29, 0.717) is 16.5 Å². The SMILES string of the molecule is COC1CC(n2nnnc2-c2cc(N)ccc2Cl)C1(C)C. The van der Waals surface area contributed by atoms with Gasteiger partial charge < -0.3 is 10.5 Å². The normalized spacial score (nSPS) is 23.8. The summed E-state index contributed by atoms with van der Waals surface area (Å²) < 4.78 is 7.32. The molecular weight excluding hydrogens is 290 g/mol. The number of rotatable bonds is 3. The molecule has 21 heavy (non-hydrogen) atoms. The molecule has 7 heteroatoms. The van der Waals surface area contributed by atoms with E-state index in [1.165, 1.54) is 0 Å². The maximum absolute atomic E-state index is 6.26. The minimum absolute atomic E-state index is 0.0360. The van der Waals surface area contributed by atoms with Gasteiger partial charge in [-0.2, -0.15) is 0 Å². The standard InChI is InChI=1S/C14H18ClN5O/c1-14(2)11(7-12(14)21-3)20-13(17-18-19-20)9-6-8(16)4-5-10(9)15/h4-6,11-12H,7,16H2,1-3H3. The number of tetrazole rings is 1. The Morgan fingerprint density at radius 1 is 1.43 bits per heavy atom. The van der Waals surface area contributed by atoms with Crippen LogP contribution in [0.3, 0.4) is 0 Å². The molecular formula is C14H18ClN5O. The van der Waals surface area contributed by atoms with Gasteiger partial charge in [-0.3, -0.25) is 0 Å². The second-order valence-electron chi connectivity index (χ2n) is 5.98. The number of hydrogen-bond acceptors (Lipinski definition) is 5. The Hall–Kier alpha value is -1.66. The maximum Gasteiger partial charge on any atom is 0.183 e. The van der Waals surface area contributed by atoms with Crippen molar-refractivity contribution in [3.63, 3.8) is 0 Å². The highest BCUT2D eigenvalue weighted by atomic mass is 35.5. The Balaban J connectivity index is 2.01. The highest BCUT2D eigenvalue weighted by Crippen LogP contribution is 2.51. The quantitative estimate of drug-likeness (QED) is 0.882. The van der Waals surface area contributed by atoms with Crippen molar-refractivity contribution in [2.24, 2.45) is 5.41 Å². The van der Waals surface area contributed by atoms with Crippen LogP contribution in [0.2, 0.25) is 5.02 Å². The number of anilines is 1. The second-order valence-corrected chi connectivity index (χ2v) is 6.39. The van der Waals surface area contributed by atoms with Crippen LogP contribution in [0.25, 0.3) is 11.4 Å². The van der Waals surface area contributed by atoms with Crippen molar-refractivity contribution in [1.29, 1.82) is 0 Å². The van der Waals surface area contributed by atoms with Gasteiger partial charge in [-0.05, 0) is 35.0 Å². The summed E-state index contributed by atoms with van der Waals surface area (Å²) in [5, 5.41) is 12.7. The fourth-order valence-electron chi connectivity index (χ4n) is 2.97. The zero-order valence-corrected chi connectivity index (χ0v) is 13.0. The molecule has 2 N–H and O–H groups in total. The Kier molecular flexibility index (Phi) is 3.37. The minimum atomic E-state index is -0.0360. The third-order valence-electron chi connectivity index (χ3n) is 4.43. The van der Waals surface area contributed by atoms with Crippen LogP contribution in [-0.2, 0) is 4.74 Å². The lowest BCUT2D eigenvalue weighted by Crippen LogP contribution is -2.51. The van der Waals surface area contributed by atoms with E-state index < -0.39 is 0 Å². The van der Waals surface area contributed by atoms with Gasteiger partial charge in [0.25, 0.3) is 0 Å². The fraction of sp³-hybridized carbons (Fsp3) is 0.500. The van der Waals surface area contributed by atoms with E-state index in [0.717, 1.165) is 12.0 Å². The topological polar surface area (TPSA) is 78.8 Å². The number of halogens is 1. The predicted molar refractivity (Wildman–Crippen MR) is 80.9 cm³/mol.